The molecule has 0 aliphatic heterocycles. The fourth-order valence-electron chi connectivity index (χ4n) is 1.72. The summed E-state index contributed by atoms with van der Waals surface area (Å²) in [6, 6.07) is 4.97. The van der Waals surface area contributed by atoms with E-state index in [0.717, 1.165) is 7.11 Å². The van der Waals surface area contributed by atoms with E-state index in [0.29, 0.717) is 0 Å². The zero-order valence-corrected chi connectivity index (χ0v) is 9.41. The predicted molar refractivity (Wildman–Crippen MR) is 58.1 cm³/mol. The number of hydrazine groups is 1. The standard InChI is InChI=1S/C11H10N2O5/c1-18-11(16)13(17)12-8-9(14)6-4-2-3-5-7(6)10(8)15/h2-5,8,12,17H,1H3. The van der Waals surface area contributed by atoms with Gasteiger partial charge in [-0.3, -0.25) is 14.8 Å². The Hall–Kier alpha value is -2.25. The highest BCUT2D eigenvalue weighted by Gasteiger charge is 2.39. The minimum Gasteiger partial charge on any atom is -0.450 e. The Labute approximate surface area is 102 Å². The molecule has 0 spiro atoms. The van der Waals surface area contributed by atoms with Gasteiger partial charge in [0.25, 0.3) is 0 Å². The van der Waals surface area contributed by atoms with E-state index in [-0.39, 0.29) is 16.3 Å². The van der Waals surface area contributed by atoms with E-state index >= 15 is 0 Å². The summed E-state index contributed by atoms with van der Waals surface area (Å²) in [6.07, 6.45) is -1.12. The number of hydrogen-bond acceptors (Lipinski definition) is 6. The van der Waals surface area contributed by atoms with Gasteiger partial charge < -0.3 is 4.74 Å². The number of Topliss-reactive ketones (excluding diaryl/α,β-unsaturated/α-hetero) is 2. The van der Waals surface area contributed by atoms with Gasteiger partial charge in [0.2, 0.25) is 0 Å². The van der Waals surface area contributed by atoms with Crippen molar-refractivity contribution in [3.63, 3.8) is 0 Å². The van der Waals surface area contributed by atoms with Gasteiger partial charge >= 0.3 is 6.09 Å². The Bertz CT molecular complexity index is 493. The third-order valence-corrected chi connectivity index (χ3v) is 2.58. The summed E-state index contributed by atoms with van der Waals surface area (Å²) in [7, 11) is 1.06. The van der Waals surface area contributed by atoms with Gasteiger partial charge in [0, 0.05) is 11.1 Å². The first-order valence-corrected chi connectivity index (χ1v) is 5.07. The van der Waals surface area contributed by atoms with Gasteiger partial charge in [0.15, 0.2) is 17.6 Å². The van der Waals surface area contributed by atoms with Gasteiger partial charge in [0.1, 0.15) is 0 Å². The Morgan fingerprint density at radius 2 is 1.78 bits per heavy atom. The van der Waals surface area contributed by atoms with Gasteiger partial charge in [0.05, 0.1) is 7.11 Å². The van der Waals surface area contributed by atoms with E-state index in [1.807, 2.05) is 0 Å². The number of ketones is 2. The molecule has 0 heterocycles. The molecule has 0 aromatic heterocycles. The van der Waals surface area contributed by atoms with Crippen molar-refractivity contribution in [1.29, 1.82) is 0 Å². The molecule has 1 amide bonds. The first-order valence-electron chi connectivity index (χ1n) is 5.07. The van der Waals surface area contributed by atoms with Crippen LogP contribution in [0.15, 0.2) is 24.3 Å². The molecule has 0 saturated carbocycles. The van der Waals surface area contributed by atoms with Crippen molar-refractivity contribution in [3.05, 3.63) is 35.4 Å². The number of methoxy groups -OCH3 is 1. The Balaban J connectivity index is 2.21. The molecule has 1 aliphatic carbocycles. The molecule has 0 radical (unpaired) electrons. The normalized spacial score (nSPS) is 14.6. The van der Waals surface area contributed by atoms with Crippen LogP contribution in [0.3, 0.4) is 0 Å². The lowest BCUT2D eigenvalue weighted by Crippen LogP contribution is -2.50. The molecule has 2 rings (SSSR count). The molecular weight excluding hydrogens is 240 g/mol. The molecule has 7 nitrogen and oxygen atoms in total. The number of rotatable bonds is 2. The molecule has 7 heteroatoms. The van der Waals surface area contributed by atoms with E-state index in [4.69, 9.17) is 0 Å². The van der Waals surface area contributed by atoms with E-state index in [1.165, 1.54) is 12.1 Å². The second kappa shape index (κ2) is 4.55. The Morgan fingerprint density at radius 3 is 2.22 bits per heavy atom. The number of fused-ring (bicyclic) bond motifs is 1. The minimum absolute atomic E-state index is 0.0215. The monoisotopic (exact) mass is 250 g/mol. The van der Waals surface area contributed by atoms with Crippen molar-refractivity contribution in [1.82, 2.24) is 10.6 Å². The van der Waals surface area contributed by atoms with Crippen LogP contribution in [-0.2, 0) is 4.74 Å². The van der Waals surface area contributed by atoms with Crippen molar-refractivity contribution in [2.45, 2.75) is 6.04 Å². The summed E-state index contributed by atoms with van der Waals surface area (Å²) < 4.78 is 4.22. The summed E-state index contributed by atoms with van der Waals surface area (Å²) >= 11 is 0. The van der Waals surface area contributed by atoms with Gasteiger partial charge in [-0.25, -0.2) is 4.79 Å². The number of nitrogens with zero attached hydrogens (tertiary/aromatic N) is 1. The number of hydrogen-bond donors (Lipinski definition) is 2. The van der Waals surface area contributed by atoms with Crippen LogP contribution in [0.4, 0.5) is 4.79 Å². The number of hydroxylamine groups is 1. The summed E-state index contributed by atoms with van der Waals surface area (Å²) in [6.45, 7) is 0. The fraction of sp³-hybridized carbons (Fsp3) is 0.182. The summed E-state index contributed by atoms with van der Waals surface area (Å²) in [5.74, 6) is -1.00. The van der Waals surface area contributed by atoms with Gasteiger partial charge in [-0.2, -0.15) is 5.43 Å². The predicted octanol–water partition coefficient (Wildman–Crippen LogP) is 0.396. The number of amides is 1. The van der Waals surface area contributed by atoms with Crippen LogP contribution in [0.2, 0.25) is 0 Å². The summed E-state index contributed by atoms with van der Waals surface area (Å²) in [5.41, 5.74) is 2.62. The van der Waals surface area contributed by atoms with Crippen LogP contribution in [0, 0.1) is 0 Å². The van der Waals surface area contributed by atoms with Crippen LogP contribution in [0.5, 0.6) is 0 Å². The van der Waals surface area contributed by atoms with Crippen LogP contribution in [-0.4, -0.2) is 41.2 Å². The number of carbonyl (C=O) groups is 3. The maximum absolute atomic E-state index is 11.9. The lowest BCUT2D eigenvalue weighted by Gasteiger charge is -2.17. The molecule has 1 aromatic rings. The molecule has 0 unspecified atom stereocenters. The number of ether oxygens (including phenoxy) is 1. The lowest BCUT2D eigenvalue weighted by molar-refractivity contribution is -0.112. The summed E-state index contributed by atoms with van der Waals surface area (Å²) in [5, 5.41) is 9.21. The molecule has 0 fully saturated rings. The molecule has 18 heavy (non-hydrogen) atoms. The second-order valence-corrected chi connectivity index (χ2v) is 3.62. The minimum atomic E-state index is -1.31. The SMILES string of the molecule is COC(=O)N(O)NC1C(=O)c2ccccc2C1=O. The molecular formula is C11H10N2O5. The first-order chi connectivity index (χ1) is 8.56. The number of carbonyl (C=O) groups excluding carboxylic acids is 3. The number of nitrogens with one attached hydrogen (secondary N) is 1. The van der Waals surface area contributed by atoms with E-state index < -0.39 is 23.7 Å². The topological polar surface area (TPSA) is 95.9 Å². The average molecular weight is 250 g/mol. The Kier molecular flexibility index (Phi) is 3.09. The van der Waals surface area contributed by atoms with Crippen molar-refractivity contribution in [3.8, 4) is 0 Å². The second-order valence-electron chi connectivity index (χ2n) is 3.62. The van der Waals surface area contributed by atoms with Crippen molar-refractivity contribution in [2.24, 2.45) is 0 Å². The van der Waals surface area contributed by atoms with E-state index in [1.54, 1.807) is 12.1 Å². The quantitative estimate of drug-likeness (QED) is 0.448. The van der Waals surface area contributed by atoms with Crippen molar-refractivity contribution >= 4 is 17.7 Å². The zero-order valence-electron chi connectivity index (χ0n) is 9.41. The highest BCUT2D eigenvalue weighted by atomic mass is 16.6. The zero-order chi connectivity index (χ0) is 13.3. The molecule has 0 bridgehead atoms. The highest BCUT2D eigenvalue weighted by molar-refractivity contribution is 6.29. The third kappa shape index (κ3) is 1.85. The maximum Gasteiger partial charge on any atom is 0.449 e. The first kappa shape index (κ1) is 12.2. The summed E-state index contributed by atoms with van der Waals surface area (Å²) in [4.78, 5) is 34.7. The van der Waals surface area contributed by atoms with Gasteiger partial charge in [-0.1, -0.05) is 24.3 Å². The average Bonchev–Trinajstić information content (AvgIpc) is 2.63. The highest BCUT2D eigenvalue weighted by Crippen LogP contribution is 2.22. The molecule has 1 aromatic carbocycles. The molecule has 1 aliphatic rings. The van der Waals surface area contributed by atoms with Gasteiger partial charge in [-0.15, -0.1) is 5.17 Å². The molecule has 0 saturated heterocycles. The van der Waals surface area contributed by atoms with Crippen molar-refractivity contribution in [2.75, 3.05) is 7.11 Å². The van der Waals surface area contributed by atoms with Crippen LogP contribution in [0.25, 0.3) is 0 Å². The fourth-order valence-corrected chi connectivity index (χ4v) is 1.72. The smallest absolute Gasteiger partial charge is 0.449 e. The third-order valence-electron chi connectivity index (χ3n) is 2.58. The lowest BCUT2D eigenvalue weighted by atomic mass is 10.1. The molecule has 94 valence electrons. The van der Waals surface area contributed by atoms with Gasteiger partial charge in [-0.05, 0) is 0 Å². The maximum atomic E-state index is 11.9. The van der Waals surface area contributed by atoms with Crippen molar-refractivity contribution < 1.29 is 24.3 Å². The van der Waals surface area contributed by atoms with E-state index in [9.17, 15) is 19.6 Å². The Morgan fingerprint density at radius 1 is 1.28 bits per heavy atom. The molecule has 0 atom stereocenters. The van der Waals surface area contributed by atoms with Crippen LogP contribution >= 0.6 is 0 Å². The number of benzene rings is 1. The largest absolute Gasteiger partial charge is 0.450 e. The molecule has 2 N–H and O–H groups in total. The van der Waals surface area contributed by atoms with E-state index in [2.05, 4.69) is 10.2 Å². The van der Waals surface area contributed by atoms with Crippen LogP contribution < -0.4 is 5.43 Å². The van der Waals surface area contributed by atoms with Crippen LogP contribution in [0.1, 0.15) is 20.7 Å².